The van der Waals surface area contributed by atoms with Gasteiger partial charge in [0.25, 0.3) is 0 Å². The molecule has 0 fully saturated rings. The first-order valence-corrected chi connectivity index (χ1v) is 11.6. The first kappa shape index (κ1) is 22.2. The molecule has 0 aliphatic rings. The fourth-order valence-corrected chi connectivity index (χ4v) is 3.85. The summed E-state index contributed by atoms with van der Waals surface area (Å²) in [5.41, 5.74) is 5.98. The molecule has 3 rings (SSSR count). The van der Waals surface area contributed by atoms with Crippen molar-refractivity contribution in [3.63, 3.8) is 0 Å². The van der Waals surface area contributed by atoms with Crippen LogP contribution in [0.25, 0.3) is 22.4 Å². The Morgan fingerprint density at radius 2 is 1.30 bits per heavy atom. The van der Waals surface area contributed by atoms with Gasteiger partial charge >= 0.3 is 0 Å². The summed E-state index contributed by atoms with van der Waals surface area (Å²) < 4.78 is 14.7. The van der Waals surface area contributed by atoms with Crippen LogP contribution in [-0.2, 0) is 12.8 Å². The van der Waals surface area contributed by atoms with Gasteiger partial charge in [-0.2, -0.15) is 0 Å². The zero-order chi connectivity index (χ0) is 21.2. The molecular weight excluding hydrogens is 369 g/mol. The second-order valence-electron chi connectivity index (χ2n) is 8.21. The molecule has 2 heteroatoms. The van der Waals surface area contributed by atoms with E-state index < -0.39 is 0 Å². The minimum absolute atomic E-state index is 0.134. The molecule has 0 atom stereocenters. The van der Waals surface area contributed by atoms with E-state index in [1.165, 1.54) is 44.1 Å². The van der Waals surface area contributed by atoms with E-state index >= 15 is 0 Å². The van der Waals surface area contributed by atoms with E-state index in [2.05, 4.69) is 37.0 Å². The lowest BCUT2D eigenvalue weighted by Gasteiger charge is -2.08. The van der Waals surface area contributed by atoms with Crippen LogP contribution in [0.15, 0.2) is 60.8 Å². The summed E-state index contributed by atoms with van der Waals surface area (Å²) in [7, 11) is 0. The summed E-state index contributed by atoms with van der Waals surface area (Å²) in [5, 5.41) is 0. The van der Waals surface area contributed by atoms with Crippen molar-refractivity contribution >= 4 is 0 Å². The van der Waals surface area contributed by atoms with Crippen LogP contribution in [0.3, 0.4) is 0 Å². The highest BCUT2D eigenvalue weighted by atomic mass is 19.1. The Balaban J connectivity index is 1.65. The van der Waals surface area contributed by atoms with Gasteiger partial charge in [-0.1, -0.05) is 88.4 Å². The number of unbranched alkanes of at least 4 members (excludes halogenated alkanes) is 5. The van der Waals surface area contributed by atoms with Gasteiger partial charge in [0.15, 0.2) is 0 Å². The van der Waals surface area contributed by atoms with E-state index in [-0.39, 0.29) is 5.82 Å². The SMILES string of the molecule is CCCCCCc1ccc(-c2ccc(-c3ccc(CCCCC)cn3)cc2)c(F)c1. The minimum atomic E-state index is -0.134. The Kier molecular flexibility index (Phi) is 8.62. The third-order valence-corrected chi connectivity index (χ3v) is 5.74. The van der Waals surface area contributed by atoms with Gasteiger partial charge in [0.2, 0.25) is 0 Å². The van der Waals surface area contributed by atoms with Crippen molar-refractivity contribution < 1.29 is 4.39 Å². The molecule has 30 heavy (non-hydrogen) atoms. The second kappa shape index (κ2) is 11.6. The first-order valence-electron chi connectivity index (χ1n) is 11.6. The molecule has 3 aromatic rings. The standard InChI is InChI=1S/C28H34FN/c1-3-5-7-9-10-22-12-18-26(27(29)20-22)24-14-16-25(17-15-24)28-19-13-23(21-30-28)11-8-6-4-2/h12-21H,3-11H2,1-2H3. The van der Waals surface area contributed by atoms with Gasteiger partial charge in [-0.3, -0.25) is 4.98 Å². The summed E-state index contributed by atoms with van der Waals surface area (Å²) in [6.45, 7) is 4.43. The van der Waals surface area contributed by atoms with Crippen LogP contribution in [-0.4, -0.2) is 4.98 Å². The van der Waals surface area contributed by atoms with Crippen LogP contribution in [0.4, 0.5) is 4.39 Å². The van der Waals surface area contributed by atoms with Gasteiger partial charge in [-0.15, -0.1) is 0 Å². The normalized spacial score (nSPS) is 11.0. The van der Waals surface area contributed by atoms with Crippen LogP contribution in [0.2, 0.25) is 0 Å². The summed E-state index contributed by atoms with van der Waals surface area (Å²) in [4.78, 5) is 4.63. The highest BCUT2D eigenvalue weighted by Crippen LogP contribution is 2.27. The molecule has 0 aliphatic heterocycles. The maximum atomic E-state index is 14.7. The fraction of sp³-hybridized carbons (Fsp3) is 0.393. The average molecular weight is 404 g/mol. The highest BCUT2D eigenvalue weighted by Gasteiger charge is 2.08. The number of benzene rings is 2. The Morgan fingerprint density at radius 3 is 1.97 bits per heavy atom. The lowest BCUT2D eigenvalue weighted by atomic mass is 9.99. The fourth-order valence-electron chi connectivity index (χ4n) is 3.85. The molecule has 158 valence electrons. The van der Waals surface area contributed by atoms with Crippen molar-refractivity contribution in [2.75, 3.05) is 0 Å². The maximum Gasteiger partial charge on any atom is 0.131 e. The number of aryl methyl sites for hydroxylation is 2. The van der Waals surface area contributed by atoms with Gasteiger partial charge in [0, 0.05) is 17.3 Å². The van der Waals surface area contributed by atoms with E-state index in [0.29, 0.717) is 5.56 Å². The van der Waals surface area contributed by atoms with Crippen LogP contribution in [0.5, 0.6) is 0 Å². The number of nitrogens with zero attached hydrogens (tertiary/aromatic N) is 1. The molecule has 0 N–H and O–H groups in total. The molecule has 0 bridgehead atoms. The molecule has 0 spiro atoms. The minimum Gasteiger partial charge on any atom is -0.256 e. The smallest absolute Gasteiger partial charge is 0.131 e. The predicted octanol–water partition coefficient (Wildman–Crippen LogP) is 8.41. The number of rotatable bonds is 11. The molecule has 0 saturated carbocycles. The van der Waals surface area contributed by atoms with Gasteiger partial charge < -0.3 is 0 Å². The monoisotopic (exact) mass is 403 g/mol. The van der Waals surface area contributed by atoms with Crippen LogP contribution < -0.4 is 0 Å². The third kappa shape index (κ3) is 6.26. The number of hydrogen-bond donors (Lipinski definition) is 0. The van der Waals surface area contributed by atoms with Crippen LogP contribution in [0.1, 0.15) is 69.9 Å². The third-order valence-electron chi connectivity index (χ3n) is 5.74. The number of pyridine rings is 1. The Bertz CT molecular complexity index is 897. The van der Waals surface area contributed by atoms with E-state index in [4.69, 9.17) is 0 Å². The van der Waals surface area contributed by atoms with Crippen LogP contribution >= 0.6 is 0 Å². The molecule has 0 radical (unpaired) electrons. The predicted molar refractivity (Wildman–Crippen MR) is 126 cm³/mol. The molecule has 1 nitrogen and oxygen atoms in total. The van der Waals surface area contributed by atoms with E-state index in [0.717, 1.165) is 41.6 Å². The van der Waals surface area contributed by atoms with Gasteiger partial charge in [0.1, 0.15) is 5.82 Å². The maximum absolute atomic E-state index is 14.7. The quantitative estimate of drug-likeness (QED) is 0.293. The zero-order valence-electron chi connectivity index (χ0n) is 18.5. The lowest BCUT2D eigenvalue weighted by molar-refractivity contribution is 0.624. The van der Waals surface area contributed by atoms with Crippen LogP contribution in [0, 0.1) is 5.82 Å². The number of halogens is 1. The molecule has 1 heterocycles. The topological polar surface area (TPSA) is 12.9 Å². The van der Waals surface area contributed by atoms with Crippen molar-refractivity contribution in [1.82, 2.24) is 4.98 Å². The van der Waals surface area contributed by atoms with E-state index in [9.17, 15) is 4.39 Å². The highest BCUT2D eigenvalue weighted by molar-refractivity contribution is 5.69. The van der Waals surface area contributed by atoms with Crippen molar-refractivity contribution in [1.29, 1.82) is 0 Å². The number of hydrogen-bond acceptors (Lipinski definition) is 1. The number of aromatic nitrogens is 1. The average Bonchev–Trinajstić information content (AvgIpc) is 2.78. The van der Waals surface area contributed by atoms with Crippen molar-refractivity contribution in [2.24, 2.45) is 0 Å². The largest absolute Gasteiger partial charge is 0.256 e. The summed E-state index contributed by atoms with van der Waals surface area (Å²) in [5.74, 6) is -0.134. The summed E-state index contributed by atoms with van der Waals surface area (Å²) in [6.07, 6.45) is 12.6. The zero-order valence-corrected chi connectivity index (χ0v) is 18.5. The first-order chi connectivity index (χ1) is 14.7. The van der Waals surface area contributed by atoms with Gasteiger partial charge in [-0.05, 0) is 54.5 Å². The summed E-state index contributed by atoms with van der Waals surface area (Å²) in [6, 6.07) is 18.0. The molecular formula is C28H34FN. The summed E-state index contributed by atoms with van der Waals surface area (Å²) >= 11 is 0. The van der Waals surface area contributed by atoms with Crippen molar-refractivity contribution in [3.05, 3.63) is 77.7 Å². The Hall–Kier alpha value is -2.48. The molecule has 0 unspecified atom stereocenters. The Morgan fingerprint density at radius 1 is 0.667 bits per heavy atom. The molecule has 0 amide bonds. The van der Waals surface area contributed by atoms with E-state index in [1.54, 1.807) is 6.07 Å². The van der Waals surface area contributed by atoms with E-state index in [1.807, 2.05) is 36.5 Å². The Labute approximate surface area is 181 Å². The van der Waals surface area contributed by atoms with Gasteiger partial charge in [0.05, 0.1) is 5.69 Å². The molecule has 2 aromatic carbocycles. The molecule has 1 aromatic heterocycles. The lowest BCUT2D eigenvalue weighted by Crippen LogP contribution is -1.91. The second-order valence-corrected chi connectivity index (χ2v) is 8.21. The molecule has 0 aliphatic carbocycles. The van der Waals surface area contributed by atoms with Crippen molar-refractivity contribution in [2.45, 2.75) is 71.6 Å². The van der Waals surface area contributed by atoms with Gasteiger partial charge in [-0.25, -0.2) is 4.39 Å². The van der Waals surface area contributed by atoms with Crippen molar-refractivity contribution in [3.8, 4) is 22.4 Å². The molecule has 0 saturated heterocycles.